The molecule has 0 spiro atoms. The first-order valence-corrected chi connectivity index (χ1v) is 20.0. The van der Waals surface area contributed by atoms with Crippen LogP contribution in [0, 0.1) is 17.8 Å². The quantitative estimate of drug-likeness (QED) is 0.138. The maximum absolute atomic E-state index is 13.6. The highest BCUT2D eigenvalue weighted by Crippen LogP contribution is 2.51. The summed E-state index contributed by atoms with van der Waals surface area (Å²) < 4.78 is 13.8. The van der Waals surface area contributed by atoms with Crippen molar-refractivity contribution in [1.29, 1.82) is 0 Å². The lowest BCUT2D eigenvalue weighted by Crippen LogP contribution is -2.66. The summed E-state index contributed by atoms with van der Waals surface area (Å²) in [6, 6.07) is 28.3. The second-order valence-electron chi connectivity index (χ2n) is 15.2. The van der Waals surface area contributed by atoms with Crippen LogP contribution in [0.2, 0.25) is 11.4 Å². The molecular formula is C41H50BNO6Si. The van der Waals surface area contributed by atoms with E-state index in [0.29, 0.717) is 19.4 Å². The number of likely N-dealkylation sites (tertiary alicyclic amines) is 1. The molecule has 0 bridgehead atoms. The van der Waals surface area contributed by atoms with Crippen LogP contribution < -0.4 is 10.4 Å². The van der Waals surface area contributed by atoms with Gasteiger partial charge in [0, 0.05) is 7.05 Å². The minimum Gasteiger partial charge on any atom is -0.508 e. The van der Waals surface area contributed by atoms with E-state index in [4.69, 9.17) is 9.08 Å². The number of aromatic hydroxyl groups is 1. The van der Waals surface area contributed by atoms with Crippen LogP contribution in [0.3, 0.4) is 0 Å². The van der Waals surface area contributed by atoms with Crippen molar-refractivity contribution >= 4 is 43.7 Å². The average Bonchev–Trinajstić information content (AvgIpc) is 3.31. The van der Waals surface area contributed by atoms with E-state index in [1.54, 1.807) is 19.2 Å². The monoisotopic (exact) mass is 691 g/mol. The van der Waals surface area contributed by atoms with Crippen LogP contribution in [0.5, 0.6) is 5.75 Å². The predicted octanol–water partition coefficient (Wildman–Crippen LogP) is 6.36. The van der Waals surface area contributed by atoms with Crippen LogP contribution in [0.4, 0.5) is 0 Å². The molecule has 6 rings (SSSR count). The second kappa shape index (κ2) is 14.8. The van der Waals surface area contributed by atoms with Crippen LogP contribution >= 0.6 is 0 Å². The number of fused-ring (bicyclic) bond motifs is 3. The molecule has 9 heteroatoms. The summed E-state index contributed by atoms with van der Waals surface area (Å²) in [5, 5.41) is 23.3. The van der Waals surface area contributed by atoms with Gasteiger partial charge >= 0.3 is 7.12 Å². The fraction of sp³-hybridized carbons (Fsp3) is 0.415. The number of nitrogens with zero attached hydrogens (tertiary/aromatic N) is 1. The van der Waals surface area contributed by atoms with Gasteiger partial charge in [-0.15, -0.1) is 0 Å². The third-order valence-corrected chi connectivity index (χ3v) is 15.9. The van der Waals surface area contributed by atoms with E-state index >= 15 is 0 Å². The van der Waals surface area contributed by atoms with Gasteiger partial charge in [-0.3, -0.25) is 14.5 Å². The van der Waals surface area contributed by atoms with Crippen molar-refractivity contribution in [3.63, 3.8) is 0 Å². The summed E-state index contributed by atoms with van der Waals surface area (Å²) in [5.74, 6) is -1.41. The van der Waals surface area contributed by atoms with Gasteiger partial charge in [0.25, 0.3) is 8.32 Å². The van der Waals surface area contributed by atoms with Crippen molar-refractivity contribution in [2.24, 2.45) is 17.8 Å². The Kier molecular flexibility index (Phi) is 10.7. The highest BCUT2D eigenvalue weighted by Gasteiger charge is 2.57. The van der Waals surface area contributed by atoms with E-state index in [9.17, 15) is 19.7 Å². The van der Waals surface area contributed by atoms with Crippen LogP contribution in [-0.4, -0.2) is 62.0 Å². The Bertz CT molecular complexity index is 1710. The molecule has 50 heavy (non-hydrogen) atoms. The fourth-order valence-electron chi connectivity index (χ4n) is 8.77. The van der Waals surface area contributed by atoms with Gasteiger partial charge in [-0.25, -0.2) is 0 Å². The van der Waals surface area contributed by atoms with Gasteiger partial charge in [-0.1, -0.05) is 119 Å². The number of hydrogen-bond acceptors (Lipinski definition) is 6. The zero-order valence-corrected chi connectivity index (χ0v) is 31.0. The fourth-order valence-corrected chi connectivity index (χ4v) is 13.3. The summed E-state index contributed by atoms with van der Waals surface area (Å²) in [5.41, 5.74) is 4.21. The summed E-state index contributed by atoms with van der Waals surface area (Å²) in [4.78, 5) is 28.5. The normalized spacial score (nSPS) is 23.0. The first-order valence-electron chi connectivity index (χ1n) is 18.0. The van der Waals surface area contributed by atoms with Crippen LogP contribution in [-0.2, 0) is 18.7 Å². The number of phenols is 1. The van der Waals surface area contributed by atoms with E-state index in [1.807, 2.05) is 24.3 Å². The third-order valence-electron chi connectivity index (χ3n) is 10.9. The van der Waals surface area contributed by atoms with Gasteiger partial charge in [0.2, 0.25) is 11.8 Å². The van der Waals surface area contributed by atoms with E-state index in [-0.39, 0.29) is 34.8 Å². The number of hydrogen-bond donors (Lipinski definition) is 2. The number of rotatable bonds is 11. The number of phenolic OH excluding ortho intramolecular Hbond substituents is 1. The second-order valence-corrected chi connectivity index (χ2v) is 19.5. The standard InChI is InChI=1S/C41H50BNO6Si/c1-6-14-28(23-29-15-13-16-31(44)24-29)21-22-36-37-30(25-34-38(35(37)26-42(47)49-36)40(46)43(5)39(34)45)27-48-50(41(2,3)4,32-17-9-7-10-18-32)33-19-11-8-12-20-33/h7-13,15-20,23-24,34-36,38,44,47H,6,14,21-22,25-27H2,1-5H3/b28-23+/t34-,35+,36-,38-/m1/s1. The molecule has 3 aromatic carbocycles. The van der Waals surface area contributed by atoms with Crippen molar-refractivity contribution in [2.75, 3.05) is 13.7 Å². The maximum Gasteiger partial charge on any atom is 0.455 e. The van der Waals surface area contributed by atoms with E-state index in [0.717, 1.165) is 36.0 Å². The Morgan fingerprint density at radius 3 is 2.22 bits per heavy atom. The first kappa shape index (κ1) is 36.0. The minimum atomic E-state index is -2.91. The molecule has 3 aromatic rings. The topological polar surface area (TPSA) is 96.3 Å². The molecule has 2 aliphatic heterocycles. The molecule has 3 aliphatic rings. The Morgan fingerprint density at radius 2 is 1.62 bits per heavy atom. The number of carbonyl (C=O) groups is 2. The van der Waals surface area contributed by atoms with Gasteiger partial charge in [0.1, 0.15) is 5.75 Å². The maximum atomic E-state index is 13.6. The van der Waals surface area contributed by atoms with Crippen molar-refractivity contribution in [3.8, 4) is 5.75 Å². The Labute approximate surface area is 298 Å². The number of allylic oxidation sites excluding steroid dienone is 1. The summed E-state index contributed by atoms with van der Waals surface area (Å²) in [7, 11) is -2.37. The SMILES string of the molecule is CCC/C(=C\c1cccc(O)c1)CC[C@H]1OB(O)C[C@H]2C1=C(CO[Si](c1ccccc1)(c1ccccc1)C(C)(C)C)C[C@H]1C(=O)N(C)C(=O)[C@H]12. The smallest absolute Gasteiger partial charge is 0.455 e. The molecule has 2 amide bonds. The summed E-state index contributed by atoms with van der Waals surface area (Å²) in [6.45, 7) is 9.21. The third kappa shape index (κ3) is 6.93. The van der Waals surface area contributed by atoms with Crippen molar-refractivity contribution in [1.82, 2.24) is 4.90 Å². The Balaban J connectivity index is 1.42. The molecule has 2 heterocycles. The molecule has 4 atom stereocenters. The first-order chi connectivity index (χ1) is 23.9. The number of imide groups is 1. The van der Waals surface area contributed by atoms with E-state index in [2.05, 4.69) is 82.3 Å². The molecule has 2 fully saturated rings. The Hall–Kier alpha value is -3.76. The van der Waals surface area contributed by atoms with Gasteiger partial charge in [0.15, 0.2) is 0 Å². The molecule has 262 valence electrons. The molecule has 0 unspecified atom stereocenters. The van der Waals surface area contributed by atoms with E-state index < -0.39 is 33.4 Å². The van der Waals surface area contributed by atoms with Gasteiger partial charge in [-0.2, -0.15) is 0 Å². The summed E-state index contributed by atoms with van der Waals surface area (Å²) >= 11 is 0. The van der Waals surface area contributed by atoms with Crippen LogP contribution in [0.1, 0.15) is 65.4 Å². The van der Waals surface area contributed by atoms with Gasteiger partial charge < -0.3 is 19.2 Å². The molecule has 0 saturated carbocycles. The minimum absolute atomic E-state index is 0.154. The number of amides is 2. The van der Waals surface area contributed by atoms with Crippen molar-refractivity contribution < 1.29 is 28.8 Å². The number of benzene rings is 3. The van der Waals surface area contributed by atoms with Gasteiger partial charge in [-0.05, 0) is 82.2 Å². The molecule has 2 saturated heterocycles. The zero-order chi connectivity index (χ0) is 35.6. The lowest BCUT2D eigenvalue weighted by atomic mass is 9.58. The van der Waals surface area contributed by atoms with Crippen LogP contribution in [0.25, 0.3) is 6.08 Å². The molecular weight excluding hydrogens is 641 g/mol. The average molecular weight is 692 g/mol. The van der Waals surface area contributed by atoms with Crippen molar-refractivity contribution in [3.05, 3.63) is 107 Å². The van der Waals surface area contributed by atoms with E-state index in [1.165, 1.54) is 20.8 Å². The van der Waals surface area contributed by atoms with Crippen molar-refractivity contribution in [2.45, 2.75) is 77.3 Å². The Morgan fingerprint density at radius 1 is 0.960 bits per heavy atom. The lowest BCUT2D eigenvalue weighted by Gasteiger charge is -2.46. The highest BCUT2D eigenvalue weighted by molar-refractivity contribution is 6.99. The van der Waals surface area contributed by atoms with Crippen LogP contribution in [0.15, 0.2) is 102 Å². The molecule has 2 N–H and O–H groups in total. The molecule has 0 aromatic heterocycles. The molecule has 0 radical (unpaired) electrons. The molecule has 1 aliphatic carbocycles. The lowest BCUT2D eigenvalue weighted by molar-refractivity contribution is -0.138. The highest BCUT2D eigenvalue weighted by atomic mass is 28.4. The predicted molar refractivity (Wildman–Crippen MR) is 201 cm³/mol. The van der Waals surface area contributed by atoms with Gasteiger partial charge in [0.05, 0.1) is 24.5 Å². The largest absolute Gasteiger partial charge is 0.508 e. The zero-order valence-electron chi connectivity index (χ0n) is 30.0. The summed E-state index contributed by atoms with van der Waals surface area (Å²) in [6.07, 6.45) is 5.59. The number of carbonyl (C=O) groups excluding carboxylic acids is 2. The molecule has 7 nitrogen and oxygen atoms in total.